The maximum Gasteiger partial charge on any atom is 0.266 e. The summed E-state index contributed by atoms with van der Waals surface area (Å²) in [4.78, 5) is 27.4. The van der Waals surface area contributed by atoms with Crippen molar-refractivity contribution in [2.24, 2.45) is 0 Å². The van der Waals surface area contributed by atoms with Gasteiger partial charge in [0, 0.05) is 18.0 Å². The summed E-state index contributed by atoms with van der Waals surface area (Å²) in [5.41, 5.74) is 2.78. The fraction of sp³-hybridized carbons (Fsp3) is 0.357. The van der Waals surface area contributed by atoms with Crippen molar-refractivity contribution < 1.29 is 14.3 Å². The number of carbonyl (C=O) groups excluding carboxylic acids is 2. The van der Waals surface area contributed by atoms with E-state index in [1.54, 1.807) is 16.3 Å². The summed E-state index contributed by atoms with van der Waals surface area (Å²) in [6.45, 7) is 2.39. The van der Waals surface area contributed by atoms with Crippen LogP contribution < -0.4 is 5.43 Å². The van der Waals surface area contributed by atoms with E-state index in [2.05, 4.69) is 5.43 Å². The third-order valence-electron chi connectivity index (χ3n) is 3.29. The van der Waals surface area contributed by atoms with Crippen LogP contribution in [-0.2, 0) is 14.3 Å². The van der Waals surface area contributed by atoms with Crippen LogP contribution in [0.15, 0.2) is 22.4 Å². The predicted molar refractivity (Wildman–Crippen MR) is 94.7 cm³/mol. The molecule has 122 valence electrons. The monoisotopic (exact) mass is 369 g/mol. The molecule has 1 aromatic rings. The topological polar surface area (TPSA) is 61.9 Å². The van der Waals surface area contributed by atoms with Crippen molar-refractivity contribution in [1.29, 1.82) is 0 Å². The minimum Gasteiger partial charge on any atom is -0.379 e. The number of hydrogen-bond donors (Lipinski definition) is 1. The minimum absolute atomic E-state index is 0.0657. The number of thiocarbonyl (C=S) groups is 1. The van der Waals surface area contributed by atoms with Crippen molar-refractivity contribution in [2.75, 3.05) is 32.8 Å². The van der Waals surface area contributed by atoms with E-state index in [4.69, 9.17) is 17.0 Å². The van der Waals surface area contributed by atoms with Gasteiger partial charge in [-0.1, -0.05) is 30.0 Å². The summed E-state index contributed by atoms with van der Waals surface area (Å²) >= 11 is 8.01. The molecule has 23 heavy (non-hydrogen) atoms. The number of morpholine rings is 1. The van der Waals surface area contributed by atoms with Crippen molar-refractivity contribution in [2.45, 2.75) is 0 Å². The quantitative estimate of drug-likeness (QED) is 0.638. The van der Waals surface area contributed by atoms with E-state index in [9.17, 15) is 9.59 Å². The summed E-state index contributed by atoms with van der Waals surface area (Å²) in [6.07, 6.45) is 1.81. The summed E-state index contributed by atoms with van der Waals surface area (Å²) in [6, 6.07) is 3.86. The number of nitrogens with one attached hydrogen (secondary N) is 1. The lowest BCUT2D eigenvalue weighted by atomic mass is 10.3. The molecule has 2 aliphatic rings. The smallest absolute Gasteiger partial charge is 0.266 e. The highest BCUT2D eigenvalue weighted by Crippen LogP contribution is 2.32. The standard InChI is InChI=1S/C14H15N3O3S3/c18-12(15-16-3-5-20-6-4-16)9-17-13(19)11(23-14(17)21)8-10-2-1-7-22-10/h1-2,7-8H,3-6,9H2,(H,15,18). The number of ether oxygens (including phenoxy) is 1. The average Bonchev–Trinajstić information content (AvgIpc) is 3.13. The Morgan fingerprint density at radius 1 is 1.43 bits per heavy atom. The van der Waals surface area contributed by atoms with Crippen molar-refractivity contribution in [3.05, 3.63) is 27.3 Å². The molecule has 6 nitrogen and oxygen atoms in total. The molecule has 9 heteroatoms. The number of carbonyl (C=O) groups is 2. The van der Waals surface area contributed by atoms with Crippen LogP contribution in [0.5, 0.6) is 0 Å². The van der Waals surface area contributed by atoms with Crippen molar-refractivity contribution in [3.63, 3.8) is 0 Å². The van der Waals surface area contributed by atoms with E-state index in [1.165, 1.54) is 16.7 Å². The Bertz CT molecular complexity index is 639. The van der Waals surface area contributed by atoms with Gasteiger partial charge < -0.3 is 4.74 Å². The molecule has 3 rings (SSSR count). The van der Waals surface area contributed by atoms with Crippen LogP contribution in [0.4, 0.5) is 0 Å². The SMILES string of the molecule is O=C(CN1C(=O)C(=Cc2cccs2)SC1=S)NN1CCOCC1. The van der Waals surface area contributed by atoms with Gasteiger partial charge in [0.05, 0.1) is 18.1 Å². The lowest BCUT2D eigenvalue weighted by Crippen LogP contribution is -2.51. The Kier molecular flexibility index (Phi) is 5.44. The number of hydrazine groups is 1. The second kappa shape index (κ2) is 7.54. The van der Waals surface area contributed by atoms with Gasteiger partial charge in [-0.25, -0.2) is 5.01 Å². The average molecular weight is 369 g/mol. The molecule has 2 aliphatic heterocycles. The fourth-order valence-electron chi connectivity index (χ4n) is 2.17. The molecule has 0 radical (unpaired) electrons. The van der Waals surface area contributed by atoms with Gasteiger partial charge >= 0.3 is 0 Å². The van der Waals surface area contributed by atoms with Gasteiger partial charge in [-0.05, 0) is 17.5 Å². The van der Waals surface area contributed by atoms with Gasteiger partial charge in [0.2, 0.25) is 0 Å². The zero-order chi connectivity index (χ0) is 16.2. The first-order valence-corrected chi connectivity index (χ1v) is 9.15. The zero-order valence-corrected chi connectivity index (χ0v) is 14.6. The fourth-order valence-corrected chi connectivity index (χ4v) is 4.15. The molecule has 3 heterocycles. The molecule has 2 amide bonds. The van der Waals surface area contributed by atoms with Gasteiger partial charge in [-0.15, -0.1) is 11.3 Å². The molecule has 2 fully saturated rings. The molecule has 1 N–H and O–H groups in total. The third kappa shape index (κ3) is 4.18. The molecular formula is C14H15N3O3S3. The summed E-state index contributed by atoms with van der Waals surface area (Å²) in [5, 5.41) is 3.74. The molecule has 2 saturated heterocycles. The number of hydrogen-bond acceptors (Lipinski definition) is 7. The molecule has 0 bridgehead atoms. The summed E-state index contributed by atoms with van der Waals surface area (Å²) in [7, 11) is 0. The maximum atomic E-state index is 12.4. The molecule has 0 aliphatic carbocycles. The minimum atomic E-state index is -0.249. The highest BCUT2D eigenvalue weighted by molar-refractivity contribution is 8.26. The molecule has 0 saturated carbocycles. The van der Waals surface area contributed by atoms with Crippen molar-refractivity contribution >= 4 is 57.5 Å². The van der Waals surface area contributed by atoms with E-state index in [-0.39, 0.29) is 18.4 Å². The van der Waals surface area contributed by atoms with Gasteiger partial charge in [-0.2, -0.15) is 0 Å². The molecule has 1 aromatic heterocycles. The number of amides is 2. The second-order valence-corrected chi connectivity index (χ2v) is 7.57. The second-order valence-electron chi connectivity index (χ2n) is 4.92. The Morgan fingerprint density at radius 2 is 2.22 bits per heavy atom. The largest absolute Gasteiger partial charge is 0.379 e. The van der Waals surface area contributed by atoms with E-state index < -0.39 is 0 Å². The highest BCUT2D eigenvalue weighted by atomic mass is 32.2. The van der Waals surface area contributed by atoms with E-state index in [0.717, 1.165) is 4.88 Å². The van der Waals surface area contributed by atoms with Crippen LogP contribution in [0.2, 0.25) is 0 Å². The Morgan fingerprint density at radius 3 is 2.91 bits per heavy atom. The lowest BCUT2D eigenvalue weighted by Gasteiger charge is -2.27. The first-order valence-electron chi connectivity index (χ1n) is 7.04. The maximum absolute atomic E-state index is 12.4. The van der Waals surface area contributed by atoms with E-state index >= 15 is 0 Å². The van der Waals surface area contributed by atoms with Crippen LogP contribution in [-0.4, -0.2) is 58.9 Å². The summed E-state index contributed by atoms with van der Waals surface area (Å²) in [5.74, 6) is -0.467. The van der Waals surface area contributed by atoms with Crippen molar-refractivity contribution in [1.82, 2.24) is 15.3 Å². The Balaban J connectivity index is 1.60. The van der Waals surface area contributed by atoms with Crippen LogP contribution in [0.3, 0.4) is 0 Å². The van der Waals surface area contributed by atoms with Gasteiger partial charge in [-0.3, -0.25) is 19.9 Å². The molecule has 0 unspecified atom stereocenters. The zero-order valence-electron chi connectivity index (χ0n) is 12.2. The number of rotatable bonds is 4. The molecule has 0 spiro atoms. The van der Waals surface area contributed by atoms with Crippen LogP contribution >= 0.6 is 35.3 Å². The first-order chi connectivity index (χ1) is 11.1. The van der Waals surface area contributed by atoms with Gasteiger partial charge in [0.15, 0.2) is 0 Å². The van der Waals surface area contributed by atoms with Crippen LogP contribution in [0, 0.1) is 0 Å². The number of thiophene rings is 1. The molecule has 0 aromatic carbocycles. The van der Waals surface area contributed by atoms with Gasteiger partial charge in [0.25, 0.3) is 11.8 Å². The Labute approximate surface area is 147 Å². The molecule has 0 atom stereocenters. The normalized spacial score (nSPS) is 21.2. The first kappa shape index (κ1) is 16.6. The highest BCUT2D eigenvalue weighted by Gasteiger charge is 2.33. The predicted octanol–water partition coefficient (Wildman–Crippen LogP) is 1.31. The van der Waals surface area contributed by atoms with E-state index in [0.29, 0.717) is 35.5 Å². The number of nitrogens with zero attached hydrogens (tertiary/aromatic N) is 2. The Hall–Kier alpha value is -1.26. The lowest BCUT2D eigenvalue weighted by molar-refractivity contribution is -0.132. The van der Waals surface area contributed by atoms with Crippen LogP contribution in [0.1, 0.15) is 4.88 Å². The van der Waals surface area contributed by atoms with Crippen molar-refractivity contribution in [3.8, 4) is 0 Å². The van der Waals surface area contributed by atoms with E-state index in [1.807, 2.05) is 23.6 Å². The molecular weight excluding hydrogens is 354 g/mol. The van der Waals surface area contributed by atoms with Gasteiger partial charge in [0.1, 0.15) is 10.9 Å². The number of thioether (sulfide) groups is 1. The third-order valence-corrected chi connectivity index (χ3v) is 5.48. The van der Waals surface area contributed by atoms with Crippen LogP contribution in [0.25, 0.3) is 6.08 Å². The summed E-state index contributed by atoms with van der Waals surface area (Å²) < 4.78 is 5.64.